The lowest BCUT2D eigenvalue weighted by atomic mass is 9.82. The van der Waals surface area contributed by atoms with Gasteiger partial charge in [-0.3, -0.25) is 0 Å². The van der Waals surface area contributed by atoms with Gasteiger partial charge in [0.05, 0.1) is 27.5 Å². The topological polar surface area (TPSA) is 145 Å². The number of aromatic nitrogens is 5. The van der Waals surface area contributed by atoms with E-state index in [-0.39, 0.29) is 28.1 Å². The molecule has 0 radical (unpaired) electrons. The number of piperidine rings is 1. The summed E-state index contributed by atoms with van der Waals surface area (Å²) in [5, 5.41) is 8.11. The van der Waals surface area contributed by atoms with Crippen molar-refractivity contribution < 1.29 is 22.5 Å². The van der Waals surface area contributed by atoms with E-state index in [2.05, 4.69) is 29.3 Å². The molecule has 1 aliphatic heterocycles. The van der Waals surface area contributed by atoms with Gasteiger partial charge in [-0.1, -0.05) is 37.2 Å². The molecule has 0 bridgehead atoms. The van der Waals surface area contributed by atoms with Gasteiger partial charge in [-0.05, 0) is 83.2 Å². The van der Waals surface area contributed by atoms with Crippen molar-refractivity contribution in [2.24, 2.45) is 5.41 Å². The van der Waals surface area contributed by atoms with Crippen LogP contribution in [0.3, 0.4) is 0 Å². The number of benzene rings is 1. The van der Waals surface area contributed by atoms with E-state index in [1.54, 1.807) is 54.5 Å². The highest BCUT2D eigenvalue weighted by molar-refractivity contribution is 7.90. The van der Waals surface area contributed by atoms with E-state index >= 15 is 0 Å². The molecule has 48 heavy (non-hydrogen) atoms. The van der Waals surface area contributed by atoms with Gasteiger partial charge in [-0.15, -0.1) is 0 Å². The Kier molecular flexibility index (Phi) is 8.30. The molecule has 13 heteroatoms. The molecule has 6 rings (SSSR count). The smallest absolute Gasteiger partial charge is 0.410 e. The second-order valence-electron chi connectivity index (χ2n) is 14.2. The zero-order valence-corrected chi connectivity index (χ0v) is 29.3. The Hall–Kier alpha value is -4.78. The van der Waals surface area contributed by atoms with Crippen molar-refractivity contribution in [1.82, 2.24) is 29.0 Å². The maximum atomic E-state index is 14.1. The lowest BCUT2D eigenvalue weighted by Gasteiger charge is -2.42. The third-order valence-electron chi connectivity index (χ3n) is 8.28. The molecule has 4 aromatic heterocycles. The molecular weight excluding hydrogens is 630 g/mol. The number of carbonyl (C=O) groups excluding carboxylic acids is 1. The molecule has 1 atom stereocenters. The largest absolute Gasteiger partial charge is 0.444 e. The van der Waals surface area contributed by atoms with Gasteiger partial charge in [0, 0.05) is 42.5 Å². The van der Waals surface area contributed by atoms with Crippen molar-refractivity contribution in [3.8, 4) is 22.5 Å². The monoisotopic (exact) mass is 671 g/mol. The van der Waals surface area contributed by atoms with Crippen molar-refractivity contribution in [3.05, 3.63) is 71.9 Å². The van der Waals surface area contributed by atoms with Gasteiger partial charge in [0.25, 0.3) is 10.0 Å². The number of nitrogens with zero attached hydrogens (tertiary/aromatic N) is 6. The van der Waals surface area contributed by atoms with Crippen LogP contribution in [0, 0.1) is 26.2 Å². The Balaban J connectivity index is 1.42. The van der Waals surface area contributed by atoms with Crippen LogP contribution in [-0.4, -0.2) is 68.2 Å². The Bertz CT molecular complexity index is 2090. The van der Waals surface area contributed by atoms with Crippen LogP contribution in [-0.2, 0) is 14.8 Å². The Morgan fingerprint density at radius 3 is 2.46 bits per heavy atom. The molecular formula is C35H41N7O5S. The van der Waals surface area contributed by atoms with E-state index < -0.39 is 15.6 Å². The molecule has 1 amide bonds. The fourth-order valence-corrected chi connectivity index (χ4v) is 7.65. The normalized spacial score (nSPS) is 16.7. The van der Waals surface area contributed by atoms with Gasteiger partial charge in [-0.25, -0.2) is 32.1 Å². The van der Waals surface area contributed by atoms with Gasteiger partial charge < -0.3 is 19.5 Å². The summed E-state index contributed by atoms with van der Waals surface area (Å²) in [6.07, 6.45) is 3.71. The average Bonchev–Trinajstić information content (AvgIpc) is 3.56. The molecule has 1 saturated heterocycles. The SMILES string of the molecule is Cc1cnc(N[C@@H]2CN(C(=O)OC(C)(C)C)CC(C)(C)C2)nc1-c1cn(S(=O)(=O)c2ccccc2)c2nc(-c3c(C)noc3C)ccc12. The number of likely N-dealkylation sites (tertiary alicyclic amines) is 1. The summed E-state index contributed by atoms with van der Waals surface area (Å²) >= 11 is 0. The Labute approximate surface area is 280 Å². The minimum Gasteiger partial charge on any atom is -0.444 e. The van der Waals surface area contributed by atoms with Crippen LogP contribution in [0.15, 0.2) is 64.3 Å². The van der Waals surface area contributed by atoms with Crippen molar-refractivity contribution in [2.75, 3.05) is 18.4 Å². The summed E-state index contributed by atoms with van der Waals surface area (Å²) in [4.78, 5) is 29.2. The number of anilines is 1. The second-order valence-corrected chi connectivity index (χ2v) is 16.0. The lowest BCUT2D eigenvalue weighted by molar-refractivity contribution is 0.00710. The molecule has 0 spiro atoms. The fourth-order valence-electron chi connectivity index (χ4n) is 6.31. The predicted octanol–water partition coefficient (Wildman–Crippen LogP) is 6.76. The molecule has 0 unspecified atom stereocenters. The van der Waals surface area contributed by atoms with Crippen LogP contribution in [0.1, 0.15) is 58.1 Å². The summed E-state index contributed by atoms with van der Waals surface area (Å²) in [6.45, 7) is 16.3. The first-order valence-corrected chi connectivity index (χ1v) is 17.3. The van der Waals surface area contributed by atoms with Gasteiger partial charge >= 0.3 is 6.09 Å². The van der Waals surface area contributed by atoms with Crippen molar-refractivity contribution in [2.45, 2.75) is 78.3 Å². The molecule has 1 aliphatic rings. The number of aryl methyl sites for hydroxylation is 3. The molecule has 1 N–H and O–H groups in total. The van der Waals surface area contributed by atoms with Gasteiger partial charge in [0.15, 0.2) is 5.65 Å². The van der Waals surface area contributed by atoms with Gasteiger partial charge in [-0.2, -0.15) is 0 Å². The lowest BCUT2D eigenvalue weighted by Crippen LogP contribution is -2.53. The van der Waals surface area contributed by atoms with Crippen LogP contribution < -0.4 is 5.32 Å². The highest BCUT2D eigenvalue weighted by Gasteiger charge is 2.37. The summed E-state index contributed by atoms with van der Waals surface area (Å²) in [6, 6.07) is 11.8. The molecule has 1 aromatic carbocycles. The molecule has 12 nitrogen and oxygen atoms in total. The summed E-state index contributed by atoms with van der Waals surface area (Å²) in [7, 11) is -4.04. The Morgan fingerprint density at radius 2 is 1.79 bits per heavy atom. The van der Waals surface area contributed by atoms with Crippen LogP contribution in [0.5, 0.6) is 0 Å². The Morgan fingerprint density at radius 1 is 1.06 bits per heavy atom. The van der Waals surface area contributed by atoms with E-state index in [0.717, 1.165) is 12.0 Å². The minimum atomic E-state index is -4.04. The predicted molar refractivity (Wildman–Crippen MR) is 183 cm³/mol. The highest BCUT2D eigenvalue weighted by atomic mass is 32.2. The van der Waals surface area contributed by atoms with E-state index in [1.807, 2.05) is 46.8 Å². The third kappa shape index (κ3) is 6.51. The number of fused-ring (bicyclic) bond motifs is 1. The maximum Gasteiger partial charge on any atom is 0.410 e. The highest BCUT2D eigenvalue weighted by Crippen LogP contribution is 2.36. The zero-order chi connectivity index (χ0) is 34.6. The summed E-state index contributed by atoms with van der Waals surface area (Å²) in [5.41, 5.74) is 3.29. The number of nitrogens with one attached hydrogen (secondary N) is 1. The number of ether oxygens (including phenoxy) is 1. The quantitative estimate of drug-likeness (QED) is 0.206. The van der Waals surface area contributed by atoms with Crippen molar-refractivity contribution in [1.29, 1.82) is 0 Å². The number of hydrogen-bond donors (Lipinski definition) is 1. The molecule has 5 aromatic rings. The summed E-state index contributed by atoms with van der Waals surface area (Å²) < 4.78 is 40.4. The first-order chi connectivity index (χ1) is 22.5. The number of amides is 1. The van der Waals surface area contributed by atoms with Crippen LogP contribution in [0.2, 0.25) is 0 Å². The van der Waals surface area contributed by atoms with Crippen LogP contribution in [0.25, 0.3) is 33.5 Å². The van der Waals surface area contributed by atoms with Crippen molar-refractivity contribution in [3.63, 3.8) is 0 Å². The average molecular weight is 672 g/mol. The number of rotatable bonds is 6. The molecule has 5 heterocycles. The number of carbonyl (C=O) groups is 1. The van der Waals surface area contributed by atoms with Crippen LogP contribution >= 0.6 is 0 Å². The first-order valence-electron chi connectivity index (χ1n) is 15.9. The second kappa shape index (κ2) is 12.0. The first kappa shape index (κ1) is 33.1. The zero-order valence-electron chi connectivity index (χ0n) is 28.5. The molecule has 0 aliphatic carbocycles. The third-order valence-corrected chi connectivity index (χ3v) is 9.94. The van der Waals surface area contributed by atoms with E-state index in [4.69, 9.17) is 19.2 Å². The molecule has 1 fully saturated rings. The van der Waals surface area contributed by atoms with Crippen molar-refractivity contribution >= 4 is 33.1 Å². The van der Waals surface area contributed by atoms with Gasteiger partial charge in [0.1, 0.15) is 11.4 Å². The fraction of sp³-hybridized carbons (Fsp3) is 0.400. The van der Waals surface area contributed by atoms with E-state index in [9.17, 15) is 13.2 Å². The molecule has 0 saturated carbocycles. The molecule has 252 valence electrons. The van der Waals surface area contributed by atoms with Gasteiger partial charge in [0.2, 0.25) is 5.95 Å². The summed E-state index contributed by atoms with van der Waals surface area (Å²) in [5.74, 6) is 0.955. The standard InChI is InChI=1S/C35H41N7O5S/c1-21-17-36-32(37-24-16-35(7,8)20-41(18-24)33(43)46-34(4,5)6)39-30(21)27-19-42(48(44,45)25-12-10-9-11-13-25)31-26(27)14-15-28(38-31)29-22(2)40-47-23(29)3/h9-15,17,19,24H,16,18,20H2,1-8H3,(H,36,37,39)/t24-/m0/s1. The van der Waals surface area contributed by atoms with E-state index in [0.29, 0.717) is 58.4 Å². The van der Waals surface area contributed by atoms with E-state index in [1.165, 1.54) is 3.97 Å². The minimum absolute atomic E-state index is 0.134. The van der Waals surface area contributed by atoms with Crippen LogP contribution in [0.4, 0.5) is 10.7 Å². The number of hydrogen-bond acceptors (Lipinski definition) is 10. The number of pyridine rings is 1. The maximum absolute atomic E-state index is 14.1.